The maximum absolute atomic E-state index is 5.46. The van der Waals surface area contributed by atoms with Crippen LogP contribution in [-0.4, -0.2) is 13.7 Å². The third kappa shape index (κ3) is 3.40. The summed E-state index contributed by atoms with van der Waals surface area (Å²) in [6, 6.07) is 7.51. The van der Waals surface area contributed by atoms with E-state index >= 15 is 0 Å². The van der Waals surface area contributed by atoms with Gasteiger partial charge in [-0.3, -0.25) is 0 Å². The Hall–Kier alpha value is -1.62. The second-order valence-corrected chi connectivity index (χ2v) is 2.83. The summed E-state index contributed by atoms with van der Waals surface area (Å²) in [5.74, 6) is 4.26. The maximum atomic E-state index is 5.46. The van der Waals surface area contributed by atoms with E-state index in [1.165, 1.54) is 0 Å². The summed E-state index contributed by atoms with van der Waals surface area (Å²) in [6.07, 6.45) is 6.78. The number of terminal acetylenes is 1. The standard InChI is InChI=1S/C12H14O2/c1-3-4-5-10-14-12-8-6-11(13-2)7-9-12/h1,6-9H,4-5,10H2,2H3. The molecule has 0 aliphatic rings. The Kier molecular flexibility index (Phi) is 4.43. The Bertz CT molecular complexity index is 295. The summed E-state index contributed by atoms with van der Waals surface area (Å²) in [4.78, 5) is 0. The van der Waals surface area contributed by atoms with Gasteiger partial charge in [0.25, 0.3) is 0 Å². The van der Waals surface area contributed by atoms with Crippen molar-refractivity contribution < 1.29 is 9.47 Å². The molecule has 0 radical (unpaired) electrons. The van der Waals surface area contributed by atoms with Gasteiger partial charge in [0.05, 0.1) is 13.7 Å². The van der Waals surface area contributed by atoms with E-state index in [2.05, 4.69) is 5.92 Å². The topological polar surface area (TPSA) is 18.5 Å². The minimum absolute atomic E-state index is 0.663. The van der Waals surface area contributed by atoms with Gasteiger partial charge in [0, 0.05) is 6.42 Å². The minimum Gasteiger partial charge on any atom is -0.497 e. The van der Waals surface area contributed by atoms with Crippen molar-refractivity contribution in [1.82, 2.24) is 0 Å². The van der Waals surface area contributed by atoms with Crippen molar-refractivity contribution >= 4 is 0 Å². The van der Waals surface area contributed by atoms with E-state index in [4.69, 9.17) is 15.9 Å². The average molecular weight is 190 g/mol. The molecule has 0 saturated carbocycles. The van der Waals surface area contributed by atoms with E-state index in [0.717, 1.165) is 24.3 Å². The first-order valence-electron chi connectivity index (χ1n) is 4.57. The predicted octanol–water partition coefficient (Wildman–Crippen LogP) is 2.49. The fourth-order valence-electron chi connectivity index (χ4n) is 1.04. The van der Waals surface area contributed by atoms with Crippen molar-refractivity contribution in [2.24, 2.45) is 0 Å². The summed E-state index contributed by atoms with van der Waals surface area (Å²) in [6.45, 7) is 0.663. The maximum Gasteiger partial charge on any atom is 0.119 e. The first-order valence-corrected chi connectivity index (χ1v) is 4.57. The Balaban J connectivity index is 2.33. The van der Waals surface area contributed by atoms with Crippen molar-refractivity contribution in [1.29, 1.82) is 0 Å². The number of ether oxygens (including phenoxy) is 2. The van der Waals surface area contributed by atoms with Gasteiger partial charge in [-0.1, -0.05) is 0 Å². The first kappa shape index (κ1) is 10.5. The van der Waals surface area contributed by atoms with Crippen LogP contribution in [0.4, 0.5) is 0 Å². The van der Waals surface area contributed by atoms with Crippen LogP contribution in [0.1, 0.15) is 12.8 Å². The molecule has 2 heteroatoms. The Morgan fingerprint density at radius 2 is 1.86 bits per heavy atom. The molecule has 0 saturated heterocycles. The van der Waals surface area contributed by atoms with Gasteiger partial charge in [-0.2, -0.15) is 0 Å². The van der Waals surface area contributed by atoms with Gasteiger partial charge in [-0.25, -0.2) is 0 Å². The highest BCUT2D eigenvalue weighted by Gasteiger charge is 1.94. The second kappa shape index (κ2) is 5.93. The van der Waals surface area contributed by atoms with Crippen LogP contribution in [0.2, 0.25) is 0 Å². The van der Waals surface area contributed by atoms with Crippen LogP contribution < -0.4 is 9.47 Å². The molecule has 0 fully saturated rings. The summed E-state index contributed by atoms with van der Waals surface area (Å²) >= 11 is 0. The third-order valence-electron chi connectivity index (χ3n) is 1.79. The van der Waals surface area contributed by atoms with E-state index in [1.54, 1.807) is 7.11 Å². The van der Waals surface area contributed by atoms with Crippen LogP contribution in [-0.2, 0) is 0 Å². The molecule has 0 spiro atoms. The molecule has 1 aromatic carbocycles. The van der Waals surface area contributed by atoms with Crippen LogP contribution in [0.25, 0.3) is 0 Å². The molecular formula is C12H14O2. The molecule has 1 rings (SSSR count). The fraction of sp³-hybridized carbons (Fsp3) is 0.333. The van der Waals surface area contributed by atoms with Gasteiger partial charge in [0.1, 0.15) is 11.5 Å². The van der Waals surface area contributed by atoms with Crippen molar-refractivity contribution in [2.45, 2.75) is 12.8 Å². The minimum atomic E-state index is 0.663. The molecule has 0 N–H and O–H groups in total. The lowest BCUT2D eigenvalue weighted by Crippen LogP contribution is -1.96. The zero-order valence-corrected chi connectivity index (χ0v) is 8.32. The number of hydrogen-bond donors (Lipinski definition) is 0. The normalized spacial score (nSPS) is 9.14. The first-order chi connectivity index (χ1) is 6.86. The summed E-state index contributed by atoms with van der Waals surface area (Å²) in [5.41, 5.74) is 0. The molecular weight excluding hydrogens is 176 g/mol. The second-order valence-electron chi connectivity index (χ2n) is 2.83. The molecule has 74 valence electrons. The Morgan fingerprint density at radius 3 is 2.43 bits per heavy atom. The number of methoxy groups -OCH3 is 1. The molecule has 14 heavy (non-hydrogen) atoms. The zero-order chi connectivity index (χ0) is 10.2. The molecule has 0 amide bonds. The number of benzene rings is 1. The Labute approximate surface area is 84.8 Å². The highest BCUT2D eigenvalue weighted by Crippen LogP contribution is 2.16. The Morgan fingerprint density at radius 1 is 1.21 bits per heavy atom. The van der Waals surface area contributed by atoms with Crippen LogP contribution in [0, 0.1) is 12.3 Å². The molecule has 0 bridgehead atoms. The number of unbranched alkanes of at least 4 members (excludes halogenated alkanes) is 1. The fourth-order valence-corrected chi connectivity index (χ4v) is 1.04. The molecule has 0 unspecified atom stereocenters. The van der Waals surface area contributed by atoms with E-state index in [0.29, 0.717) is 6.61 Å². The average Bonchev–Trinajstić information content (AvgIpc) is 2.25. The molecule has 0 heterocycles. The highest BCUT2D eigenvalue weighted by molar-refractivity contribution is 5.31. The lowest BCUT2D eigenvalue weighted by Gasteiger charge is -2.05. The van der Waals surface area contributed by atoms with E-state index in [-0.39, 0.29) is 0 Å². The largest absolute Gasteiger partial charge is 0.497 e. The smallest absolute Gasteiger partial charge is 0.119 e. The summed E-state index contributed by atoms with van der Waals surface area (Å²) in [7, 11) is 1.64. The van der Waals surface area contributed by atoms with E-state index in [1.807, 2.05) is 24.3 Å². The monoisotopic (exact) mass is 190 g/mol. The van der Waals surface area contributed by atoms with Crippen molar-refractivity contribution in [3.05, 3.63) is 24.3 Å². The van der Waals surface area contributed by atoms with Gasteiger partial charge in [0.2, 0.25) is 0 Å². The van der Waals surface area contributed by atoms with Crippen molar-refractivity contribution in [3.63, 3.8) is 0 Å². The number of hydrogen-bond acceptors (Lipinski definition) is 2. The van der Waals surface area contributed by atoms with Crippen LogP contribution in [0.3, 0.4) is 0 Å². The quantitative estimate of drug-likeness (QED) is 0.524. The van der Waals surface area contributed by atoms with Crippen molar-refractivity contribution in [2.75, 3.05) is 13.7 Å². The predicted molar refractivity (Wildman–Crippen MR) is 56.6 cm³/mol. The lowest BCUT2D eigenvalue weighted by atomic mass is 10.3. The SMILES string of the molecule is C#CCCCOc1ccc(OC)cc1. The van der Waals surface area contributed by atoms with Gasteiger partial charge in [-0.05, 0) is 30.7 Å². The van der Waals surface area contributed by atoms with Crippen LogP contribution >= 0.6 is 0 Å². The van der Waals surface area contributed by atoms with Gasteiger partial charge >= 0.3 is 0 Å². The number of rotatable bonds is 5. The van der Waals surface area contributed by atoms with Gasteiger partial charge < -0.3 is 9.47 Å². The molecule has 0 aliphatic carbocycles. The molecule has 0 aliphatic heterocycles. The van der Waals surface area contributed by atoms with Crippen LogP contribution in [0.15, 0.2) is 24.3 Å². The molecule has 2 nitrogen and oxygen atoms in total. The molecule has 0 aromatic heterocycles. The zero-order valence-electron chi connectivity index (χ0n) is 8.32. The van der Waals surface area contributed by atoms with E-state index < -0.39 is 0 Å². The summed E-state index contributed by atoms with van der Waals surface area (Å²) < 4.78 is 10.5. The van der Waals surface area contributed by atoms with Crippen LogP contribution in [0.5, 0.6) is 11.5 Å². The third-order valence-corrected chi connectivity index (χ3v) is 1.79. The lowest BCUT2D eigenvalue weighted by molar-refractivity contribution is 0.312. The van der Waals surface area contributed by atoms with Crippen molar-refractivity contribution in [3.8, 4) is 23.8 Å². The van der Waals surface area contributed by atoms with E-state index in [9.17, 15) is 0 Å². The molecule has 0 atom stereocenters. The summed E-state index contributed by atoms with van der Waals surface area (Å²) in [5, 5.41) is 0. The molecule has 1 aromatic rings. The van der Waals surface area contributed by atoms with Gasteiger partial charge in [0.15, 0.2) is 0 Å². The van der Waals surface area contributed by atoms with Gasteiger partial charge in [-0.15, -0.1) is 12.3 Å². The highest BCUT2D eigenvalue weighted by atomic mass is 16.5.